The number of aryl methyl sites for hydroxylation is 2. The molecule has 1 aliphatic rings. The van der Waals surface area contributed by atoms with Gasteiger partial charge in [0.1, 0.15) is 0 Å². The van der Waals surface area contributed by atoms with Gasteiger partial charge in [-0.3, -0.25) is 10.1 Å². The molecule has 0 heterocycles. The van der Waals surface area contributed by atoms with Crippen molar-refractivity contribution in [3.63, 3.8) is 0 Å². The van der Waals surface area contributed by atoms with E-state index in [9.17, 15) is 4.79 Å². The number of ether oxygens (including phenoxy) is 3. The first kappa shape index (κ1) is 20.0. The summed E-state index contributed by atoms with van der Waals surface area (Å²) in [5, 5.41) is 8.48. The largest absolute Gasteiger partial charge is 0.493 e. The molecule has 0 aromatic heterocycles. The van der Waals surface area contributed by atoms with Gasteiger partial charge in [-0.1, -0.05) is 24.3 Å². The van der Waals surface area contributed by atoms with E-state index in [0.717, 1.165) is 23.9 Å². The van der Waals surface area contributed by atoms with Gasteiger partial charge in [-0.2, -0.15) is 0 Å². The molecule has 30 heavy (non-hydrogen) atoms. The van der Waals surface area contributed by atoms with Crippen LogP contribution in [0.25, 0.3) is 10.8 Å². The zero-order chi connectivity index (χ0) is 21.3. The third-order valence-electron chi connectivity index (χ3n) is 5.28. The summed E-state index contributed by atoms with van der Waals surface area (Å²) in [5.41, 5.74) is 3.90. The van der Waals surface area contributed by atoms with E-state index < -0.39 is 0 Å². The molecule has 4 rings (SSSR count). The van der Waals surface area contributed by atoms with Gasteiger partial charge in [0, 0.05) is 16.6 Å². The van der Waals surface area contributed by atoms with E-state index in [-0.39, 0.29) is 11.0 Å². The molecule has 3 aromatic rings. The van der Waals surface area contributed by atoms with Crippen LogP contribution in [-0.4, -0.2) is 32.3 Å². The number of rotatable bonds is 5. The van der Waals surface area contributed by atoms with Crippen molar-refractivity contribution in [2.45, 2.75) is 12.8 Å². The average Bonchev–Trinajstić information content (AvgIpc) is 3.19. The molecule has 6 nitrogen and oxygen atoms in total. The number of amides is 1. The Kier molecular flexibility index (Phi) is 5.46. The van der Waals surface area contributed by atoms with Gasteiger partial charge >= 0.3 is 0 Å². The minimum Gasteiger partial charge on any atom is -0.493 e. The van der Waals surface area contributed by atoms with Crippen LogP contribution in [0.1, 0.15) is 21.5 Å². The topological polar surface area (TPSA) is 68.8 Å². The van der Waals surface area contributed by atoms with Crippen molar-refractivity contribution in [3.05, 3.63) is 59.2 Å². The fraction of sp³-hybridized carbons (Fsp3) is 0.217. The van der Waals surface area contributed by atoms with Crippen LogP contribution in [0, 0.1) is 0 Å². The van der Waals surface area contributed by atoms with Crippen molar-refractivity contribution >= 4 is 39.7 Å². The van der Waals surface area contributed by atoms with Crippen LogP contribution in [0.5, 0.6) is 17.2 Å². The van der Waals surface area contributed by atoms with E-state index in [1.165, 1.54) is 37.8 Å². The highest BCUT2D eigenvalue weighted by atomic mass is 32.1. The lowest BCUT2D eigenvalue weighted by molar-refractivity contribution is 0.0977. The lowest BCUT2D eigenvalue weighted by Crippen LogP contribution is -2.34. The Balaban J connectivity index is 1.56. The third-order valence-corrected chi connectivity index (χ3v) is 5.48. The zero-order valence-electron chi connectivity index (χ0n) is 17.0. The smallest absolute Gasteiger partial charge is 0.257 e. The van der Waals surface area contributed by atoms with Gasteiger partial charge in [-0.15, -0.1) is 0 Å². The van der Waals surface area contributed by atoms with Crippen molar-refractivity contribution in [1.82, 2.24) is 5.32 Å². The third kappa shape index (κ3) is 3.52. The Labute approximate surface area is 180 Å². The molecule has 0 saturated heterocycles. The molecular formula is C23H22N2O4S. The fourth-order valence-electron chi connectivity index (χ4n) is 3.90. The highest BCUT2D eigenvalue weighted by Crippen LogP contribution is 2.38. The Hall–Kier alpha value is -3.32. The predicted molar refractivity (Wildman–Crippen MR) is 121 cm³/mol. The zero-order valence-corrected chi connectivity index (χ0v) is 17.8. The first-order valence-corrected chi connectivity index (χ1v) is 9.92. The van der Waals surface area contributed by atoms with Gasteiger partial charge in [-0.25, -0.2) is 0 Å². The minimum absolute atomic E-state index is 0.215. The van der Waals surface area contributed by atoms with E-state index in [0.29, 0.717) is 22.8 Å². The van der Waals surface area contributed by atoms with Crippen LogP contribution in [-0.2, 0) is 12.8 Å². The SMILES string of the molecule is COc1cc(C(=O)NC(=S)Nc2ccc3c4c(cccc24)CC3)cc(OC)c1OC. The number of benzene rings is 3. The number of carbonyl (C=O) groups excluding carboxylic acids is 1. The molecule has 154 valence electrons. The molecule has 0 atom stereocenters. The predicted octanol–water partition coefficient (Wildman–Crippen LogP) is 4.09. The number of methoxy groups -OCH3 is 3. The molecular weight excluding hydrogens is 400 g/mol. The second-order valence-electron chi connectivity index (χ2n) is 6.93. The molecule has 0 unspecified atom stereocenters. The van der Waals surface area contributed by atoms with E-state index in [2.05, 4.69) is 34.9 Å². The van der Waals surface area contributed by atoms with Crippen LogP contribution >= 0.6 is 12.2 Å². The second-order valence-corrected chi connectivity index (χ2v) is 7.34. The van der Waals surface area contributed by atoms with E-state index in [4.69, 9.17) is 26.4 Å². The summed E-state index contributed by atoms with van der Waals surface area (Å²) in [5.74, 6) is 0.838. The number of thiocarbonyl (C=S) groups is 1. The molecule has 0 aliphatic heterocycles. The molecule has 0 bridgehead atoms. The Morgan fingerprint density at radius 1 is 0.933 bits per heavy atom. The number of carbonyl (C=O) groups is 1. The maximum absolute atomic E-state index is 12.8. The van der Waals surface area contributed by atoms with Gasteiger partial charge in [0.05, 0.1) is 21.3 Å². The molecule has 3 aromatic carbocycles. The molecule has 2 N–H and O–H groups in total. The summed E-state index contributed by atoms with van der Waals surface area (Å²) in [6, 6.07) is 13.6. The molecule has 7 heteroatoms. The molecule has 1 aliphatic carbocycles. The quantitative estimate of drug-likeness (QED) is 0.604. The van der Waals surface area contributed by atoms with Crippen molar-refractivity contribution < 1.29 is 19.0 Å². The van der Waals surface area contributed by atoms with Crippen molar-refractivity contribution in [3.8, 4) is 17.2 Å². The Bertz CT molecular complexity index is 1120. The van der Waals surface area contributed by atoms with Crippen LogP contribution < -0.4 is 24.8 Å². The fourth-order valence-corrected chi connectivity index (χ4v) is 4.10. The molecule has 0 spiro atoms. The van der Waals surface area contributed by atoms with E-state index in [1.54, 1.807) is 12.1 Å². The van der Waals surface area contributed by atoms with Crippen molar-refractivity contribution in [2.75, 3.05) is 26.6 Å². The van der Waals surface area contributed by atoms with Gasteiger partial charge < -0.3 is 19.5 Å². The van der Waals surface area contributed by atoms with Crippen molar-refractivity contribution in [2.24, 2.45) is 0 Å². The molecule has 0 fully saturated rings. The van der Waals surface area contributed by atoms with Gasteiger partial charge in [0.2, 0.25) is 5.75 Å². The summed E-state index contributed by atoms with van der Waals surface area (Å²) in [4.78, 5) is 12.8. The lowest BCUT2D eigenvalue weighted by Gasteiger charge is -2.15. The van der Waals surface area contributed by atoms with E-state index >= 15 is 0 Å². The highest BCUT2D eigenvalue weighted by molar-refractivity contribution is 7.80. The monoisotopic (exact) mass is 422 g/mol. The molecule has 0 radical (unpaired) electrons. The number of hydrogen-bond acceptors (Lipinski definition) is 5. The minimum atomic E-state index is -0.377. The number of nitrogens with one attached hydrogen (secondary N) is 2. The molecule has 0 saturated carbocycles. The van der Waals surface area contributed by atoms with Crippen LogP contribution in [0.15, 0.2) is 42.5 Å². The van der Waals surface area contributed by atoms with Gasteiger partial charge in [0.25, 0.3) is 5.91 Å². The first-order chi connectivity index (χ1) is 14.5. The van der Waals surface area contributed by atoms with Gasteiger partial charge in [-0.05, 0) is 59.8 Å². The maximum Gasteiger partial charge on any atom is 0.257 e. The first-order valence-electron chi connectivity index (χ1n) is 9.51. The Morgan fingerprint density at radius 3 is 2.23 bits per heavy atom. The summed E-state index contributed by atoms with van der Waals surface area (Å²) in [6.07, 6.45) is 2.11. The lowest BCUT2D eigenvalue weighted by atomic mass is 10.0. The highest BCUT2D eigenvalue weighted by Gasteiger charge is 2.19. The van der Waals surface area contributed by atoms with Crippen molar-refractivity contribution in [1.29, 1.82) is 0 Å². The van der Waals surface area contributed by atoms with Crippen LogP contribution in [0.4, 0.5) is 5.69 Å². The summed E-state index contributed by atoms with van der Waals surface area (Å²) >= 11 is 5.40. The van der Waals surface area contributed by atoms with E-state index in [1.807, 2.05) is 6.07 Å². The average molecular weight is 423 g/mol. The summed E-state index contributed by atoms with van der Waals surface area (Å²) in [7, 11) is 4.51. The molecule has 1 amide bonds. The normalized spacial score (nSPS) is 11.8. The number of anilines is 1. The standard InChI is InChI=1S/C23H22N2O4S/c1-27-18-11-15(12-19(28-2)21(18)29-3)22(26)25-23(30)24-17-10-9-14-8-7-13-5-4-6-16(17)20(13)14/h4-6,9-12H,7-8H2,1-3H3,(H2,24,25,26,30). The van der Waals surface area contributed by atoms with Crippen LogP contribution in [0.2, 0.25) is 0 Å². The summed E-state index contributed by atoms with van der Waals surface area (Å²) in [6.45, 7) is 0. The number of hydrogen-bond donors (Lipinski definition) is 2. The maximum atomic E-state index is 12.8. The van der Waals surface area contributed by atoms with Crippen LogP contribution in [0.3, 0.4) is 0 Å². The Morgan fingerprint density at radius 2 is 1.60 bits per heavy atom. The second kappa shape index (κ2) is 8.20. The summed E-state index contributed by atoms with van der Waals surface area (Å²) < 4.78 is 15.9. The van der Waals surface area contributed by atoms with Gasteiger partial charge in [0.15, 0.2) is 16.6 Å².